The van der Waals surface area contributed by atoms with Crippen LogP contribution >= 0.6 is 0 Å². The van der Waals surface area contributed by atoms with Crippen molar-refractivity contribution in [3.63, 3.8) is 0 Å². The highest BCUT2D eigenvalue weighted by molar-refractivity contribution is 4.99. The zero-order valence-corrected chi connectivity index (χ0v) is 15.5. The maximum absolute atomic E-state index is 10.2. The van der Waals surface area contributed by atoms with Crippen molar-refractivity contribution in [2.75, 3.05) is 0 Å². The van der Waals surface area contributed by atoms with Crippen LogP contribution in [0.2, 0.25) is 0 Å². The molecule has 22 heavy (non-hydrogen) atoms. The van der Waals surface area contributed by atoms with Gasteiger partial charge in [-0.25, -0.2) is 0 Å². The Morgan fingerprint density at radius 1 is 1.14 bits per heavy atom. The van der Waals surface area contributed by atoms with Gasteiger partial charge in [-0.3, -0.25) is 0 Å². The highest BCUT2D eigenvalue weighted by Gasteiger charge is 2.24. The van der Waals surface area contributed by atoms with Gasteiger partial charge < -0.3 is 9.84 Å². The average Bonchev–Trinajstić information content (AvgIpc) is 2.37. The molecule has 0 aliphatic rings. The minimum Gasteiger partial charge on any atom is -0.368 e. The topological polar surface area (TPSA) is 29.5 Å². The first kappa shape index (κ1) is 21.1. The molecule has 0 aliphatic carbocycles. The average molecular weight is 309 g/mol. The summed E-state index contributed by atoms with van der Waals surface area (Å²) in [4.78, 5) is 0. The molecule has 0 fully saturated rings. The lowest BCUT2D eigenvalue weighted by Crippen LogP contribution is -2.32. The van der Waals surface area contributed by atoms with Crippen molar-refractivity contribution >= 4 is 0 Å². The Kier molecular flexibility index (Phi) is 10.4. The van der Waals surface area contributed by atoms with E-state index in [0.29, 0.717) is 12.3 Å². The normalized spacial score (nSPS) is 16.3. The molecule has 0 bridgehead atoms. The van der Waals surface area contributed by atoms with Gasteiger partial charge in [-0.15, -0.1) is 6.58 Å². The van der Waals surface area contributed by atoms with E-state index in [-0.39, 0.29) is 0 Å². The molecule has 0 aromatic carbocycles. The number of aliphatic hydroxyl groups excluding tert-OH is 1. The van der Waals surface area contributed by atoms with Gasteiger partial charge in [-0.1, -0.05) is 36.3 Å². The summed E-state index contributed by atoms with van der Waals surface area (Å²) in [6.45, 7) is 16.4. The highest BCUT2D eigenvalue weighted by Crippen LogP contribution is 2.24. The molecule has 2 nitrogen and oxygen atoms in total. The van der Waals surface area contributed by atoms with E-state index in [2.05, 4.69) is 53.3 Å². The zero-order chi connectivity index (χ0) is 17.2. The van der Waals surface area contributed by atoms with Crippen LogP contribution in [0.15, 0.2) is 36.0 Å². The Labute approximate surface area is 138 Å². The standard InChI is InChI=1S/C20H36O2/c1-8-20(7,14-10-12-17(4)5)22-19(21)15-18(6)13-9-11-16(2)3/h8,11-12,18-19,21H,1,9-10,13-15H2,2-7H3/t18-,19?,20-/m1/s1. The molecule has 0 saturated carbocycles. The Bertz CT molecular complexity index is 373. The number of hydrogen-bond donors (Lipinski definition) is 1. The highest BCUT2D eigenvalue weighted by atomic mass is 16.6. The number of allylic oxidation sites excluding steroid dienone is 4. The summed E-state index contributed by atoms with van der Waals surface area (Å²) in [6, 6.07) is 0. The van der Waals surface area contributed by atoms with E-state index in [0.717, 1.165) is 25.7 Å². The van der Waals surface area contributed by atoms with Crippen LogP contribution in [0.25, 0.3) is 0 Å². The van der Waals surface area contributed by atoms with Crippen molar-refractivity contribution in [3.8, 4) is 0 Å². The molecule has 0 radical (unpaired) electrons. The van der Waals surface area contributed by atoms with Crippen LogP contribution in [0.4, 0.5) is 0 Å². The minimum atomic E-state index is -0.726. The summed E-state index contributed by atoms with van der Waals surface area (Å²) >= 11 is 0. The molecular formula is C20H36O2. The Morgan fingerprint density at radius 2 is 1.68 bits per heavy atom. The van der Waals surface area contributed by atoms with Crippen molar-refractivity contribution in [2.24, 2.45) is 5.92 Å². The van der Waals surface area contributed by atoms with E-state index < -0.39 is 11.9 Å². The predicted molar refractivity (Wildman–Crippen MR) is 96.8 cm³/mol. The van der Waals surface area contributed by atoms with Gasteiger partial charge in [0.05, 0.1) is 5.60 Å². The fraction of sp³-hybridized carbons (Fsp3) is 0.700. The fourth-order valence-corrected chi connectivity index (χ4v) is 2.33. The molecule has 0 amide bonds. The number of aliphatic hydroxyl groups is 1. The number of ether oxygens (including phenoxy) is 1. The second-order valence-corrected chi connectivity index (χ2v) is 7.11. The third-order valence-corrected chi connectivity index (χ3v) is 3.85. The van der Waals surface area contributed by atoms with Crippen molar-refractivity contribution in [3.05, 3.63) is 36.0 Å². The lowest BCUT2D eigenvalue weighted by atomic mass is 9.97. The van der Waals surface area contributed by atoms with E-state index in [1.807, 2.05) is 13.0 Å². The molecule has 0 heterocycles. The smallest absolute Gasteiger partial charge is 0.155 e. The molecule has 2 heteroatoms. The van der Waals surface area contributed by atoms with Crippen LogP contribution in [0.3, 0.4) is 0 Å². The van der Waals surface area contributed by atoms with Gasteiger partial charge in [0, 0.05) is 6.42 Å². The van der Waals surface area contributed by atoms with Crippen molar-refractivity contribution in [1.29, 1.82) is 0 Å². The number of rotatable bonds is 11. The summed E-state index contributed by atoms with van der Waals surface area (Å²) in [5, 5.41) is 10.2. The maximum atomic E-state index is 10.2. The summed E-state index contributed by atoms with van der Waals surface area (Å²) in [6.07, 6.45) is 10.1. The predicted octanol–water partition coefficient (Wildman–Crippen LogP) is 5.79. The summed E-state index contributed by atoms with van der Waals surface area (Å²) in [5.41, 5.74) is 2.19. The minimum absolute atomic E-state index is 0.442. The van der Waals surface area contributed by atoms with E-state index in [9.17, 15) is 5.11 Å². The van der Waals surface area contributed by atoms with Crippen molar-refractivity contribution in [2.45, 2.75) is 85.5 Å². The first-order valence-corrected chi connectivity index (χ1v) is 8.44. The van der Waals surface area contributed by atoms with E-state index >= 15 is 0 Å². The van der Waals surface area contributed by atoms with Crippen LogP contribution in [0, 0.1) is 5.92 Å². The molecule has 1 N–H and O–H groups in total. The molecule has 0 spiro atoms. The van der Waals surface area contributed by atoms with Crippen LogP contribution in [0.5, 0.6) is 0 Å². The van der Waals surface area contributed by atoms with Crippen LogP contribution in [0.1, 0.15) is 73.6 Å². The van der Waals surface area contributed by atoms with E-state index in [1.165, 1.54) is 11.1 Å². The molecule has 128 valence electrons. The summed E-state index contributed by atoms with van der Waals surface area (Å²) in [5.74, 6) is 0.442. The van der Waals surface area contributed by atoms with Gasteiger partial charge in [0.15, 0.2) is 6.29 Å². The molecule has 0 aromatic rings. The fourth-order valence-electron chi connectivity index (χ4n) is 2.33. The van der Waals surface area contributed by atoms with Crippen molar-refractivity contribution in [1.82, 2.24) is 0 Å². The molecular weight excluding hydrogens is 272 g/mol. The van der Waals surface area contributed by atoms with Gasteiger partial charge in [-0.2, -0.15) is 0 Å². The van der Waals surface area contributed by atoms with Crippen LogP contribution in [-0.4, -0.2) is 17.0 Å². The van der Waals surface area contributed by atoms with Gasteiger partial charge in [0.1, 0.15) is 0 Å². The van der Waals surface area contributed by atoms with E-state index in [4.69, 9.17) is 4.74 Å². The summed E-state index contributed by atoms with van der Waals surface area (Å²) in [7, 11) is 0. The van der Waals surface area contributed by atoms with Crippen LogP contribution in [-0.2, 0) is 4.74 Å². The first-order valence-electron chi connectivity index (χ1n) is 8.44. The number of hydrogen-bond acceptors (Lipinski definition) is 2. The first-order chi connectivity index (χ1) is 10.2. The van der Waals surface area contributed by atoms with Crippen LogP contribution < -0.4 is 0 Å². The third-order valence-electron chi connectivity index (χ3n) is 3.85. The van der Waals surface area contributed by atoms with Gasteiger partial charge >= 0.3 is 0 Å². The molecule has 0 aliphatic heterocycles. The monoisotopic (exact) mass is 308 g/mol. The molecule has 0 saturated heterocycles. The Balaban J connectivity index is 4.28. The SMILES string of the molecule is C=C[C@](C)(CCC=C(C)C)OC(O)C[C@H](C)CCC=C(C)C. The van der Waals surface area contributed by atoms with Gasteiger partial charge in [0.25, 0.3) is 0 Å². The second kappa shape index (κ2) is 10.8. The second-order valence-electron chi connectivity index (χ2n) is 7.11. The van der Waals surface area contributed by atoms with Crippen molar-refractivity contribution < 1.29 is 9.84 Å². The summed E-state index contributed by atoms with van der Waals surface area (Å²) < 4.78 is 5.86. The van der Waals surface area contributed by atoms with Gasteiger partial charge in [0.2, 0.25) is 0 Å². The molecule has 0 aromatic heterocycles. The Morgan fingerprint density at radius 3 is 2.18 bits per heavy atom. The quantitative estimate of drug-likeness (QED) is 0.387. The molecule has 3 atom stereocenters. The van der Waals surface area contributed by atoms with Gasteiger partial charge in [-0.05, 0) is 66.2 Å². The lowest BCUT2D eigenvalue weighted by molar-refractivity contribution is -0.170. The lowest BCUT2D eigenvalue weighted by Gasteiger charge is -2.30. The largest absolute Gasteiger partial charge is 0.368 e. The molecule has 1 unspecified atom stereocenters. The Hall–Kier alpha value is -0.860. The maximum Gasteiger partial charge on any atom is 0.155 e. The van der Waals surface area contributed by atoms with E-state index in [1.54, 1.807) is 0 Å². The third kappa shape index (κ3) is 10.8. The zero-order valence-electron chi connectivity index (χ0n) is 15.5. The molecule has 0 rings (SSSR count).